The van der Waals surface area contributed by atoms with Crippen LogP contribution in [0.4, 0.5) is 11.4 Å². The van der Waals surface area contributed by atoms with Crippen molar-refractivity contribution in [2.24, 2.45) is 5.92 Å². The van der Waals surface area contributed by atoms with Gasteiger partial charge in [0, 0.05) is 5.02 Å². The van der Waals surface area contributed by atoms with Crippen molar-refractivity contribution in [1.82, 2.24) is 0 Å². The summed E-state index contributed by atoms with van der Waals surface area (Å²) >= 11 is 6.00. The van der Waals surface area contributed by atoms with Gasteiger partial charge in [-0.05, 0) is 66.2 Å². The van der Waals surface area contributed by atoms with Crippen molar-refractivity contribution >= 4 is 44.9 Å². The van der Waals surface area contributed by atoms with E-state index in [1.54, 1.807) is 59.7 Å². The third kappa shape index (κ3) is 4.54. The van der Waals surface area contributed by atoms with E-state index in [1.165, 1.54) is 24.3 Å². The molecule has 8 nitrogen and oxygen atoms in total. The fourth-order valence-electron chi connectivity index (χ4n) is 4.88. The van der Waals surface area contributed by atoms with Crippen LogP contribution in [0.5, 0.6) is 5.75 Å². The molecule has 0 saturated carbocycles. The molecule has 10 heteroatoms. The molecule has 0 radical (unpaired) electrons. The number of halogens is 1. The van der Waals surface area contributed by atoms with E-state index in [1.807, 2.05) is 30.3 Å². The first-order valence-corrected chi connectivity index (χ1v) is 13.9. The molecule has 0 unspecified atom stereocenters. The largest absolute Gasteiger partial charge is 0.379 e. The van der Waals surface area contributed by atoms with Crippen LogP contribution in [0, 0.1) is 5.92 Å². The summed E-state index contributed by atoms with van der Waals surface area (Å²) in [5.41, 5.74) is 1.73. The molecule has 2 fully saturated rings. The monoisotopic (exact) mass is 560 g/mol. The number of para-hydroxylation sites is 1. The molecule has 0 aliphatic carbocycles. The highest BCUT2D eigenvalue weighted by atomic mass is 35.5. The molecule has 196 valence electrons. The normalized spacial score (nSPS) is 20.8. The zero-order valence-corrected chi connectivity index (χ0v) is 21.8. The Morgan fingerprint density at radius 3 is 1.97 bits per heavy atom. The molecule has 0 bridgehead atoms. The van der Waals surface area contributed by atoms with E-state index in [0.29, 0.717) is 22.0 Å². The second kappa shape index (κ2) is 9.85. The number of imide groups is 1. The van der Waals surface area contributed by atoms with Crippen LogP contribution in [0.1, 0.15) is 11.6 Å². The van der Waals surface area contributed by atoms with Gasteiger partial charge in [-0.3, -0.25) is 14.4 Å². The van der Waals surface area contributed by atoms with Crippen LogP contribution >= 0.6 is 11.6 Å². The Labute approximate surface area is 230 Å². The minimum Gasteiger partial charge on any atom is -0.379 e. The summed E-state index contributed by atoms with van der Waals surface area (Å²) in [6, 6.07) is 29.2. The number of amides is 2. The molecule has 0 N–H and O–H groups in total. The summed E-state index contributed by atoms with van der Waals surface area (Å²) < 4.78 is 30.6. The molecular formula is C29H21ClN2O6S. The van der Waals surface area contributed by atoms with Gasteiger partial charge in [-0.2, -0.15) is 8.42 Å². The molecule has 4 aromatic rings. The standard InChI is InChI=1S/C29H21ClN2O6S/c30-20-13-15-21(16-14-20)31-28(33)25-26(32(37-27(25)29(31)34)22-7-3-1-4-8-22)19-11-17-23(18-12-19)38-39(35,36)24-9-5-2-6-10-24/h1-18,25-27H/t25-,26+,27+/m0/s1. The van der Waals surface area contributed by atoms with E-state index in [4.69, 9.17) is 20.6 Å². The lowest BCUT2D eigenvalue weighted by Gasteiger charge is -2.28. The molecule has 0 spiro atoms. The maximum absolute atomic E-state index is 13.7. The maximum atomic E-state index is 13.7. The fourth-order valence-corrected chi connectivity index (χ4v) is 5.96. The van der Waals surface area contributed by atoms with E-state index >= 15 is 0 Å². The highest BCUT2D eigenvalue weighted by Crippen LogP contribution is 2.47. The van der Waals surface area contributed by atoms with Gasteiger partial charge in [0.15, 0.2) is 6.10 Å². The van der Waals surface area contributed by atoms with Gasteiger partial charge in [0.2, 0.25) is 5.91 Å². The SMILES string of the molecule is O=C1[C@H]2[C@@H](c3ccc(OS(=O)(=O)c4ccccc4)cc3)N(c3ccccc3)O[C@H]2C(=O)N1c1ccc(Cl)cc1. The smallest absolute Gasteiger partial charge is 0.339 e. The summed E-state index contributed by atoms with van der Waals surface area (Å²) in [6.07, 6.45) is -1.03. The third-order valence-electron chi connectivity index (χ3n) is 6.67. The van der Waals surface area contributed by atoms with E-state index in [9.17, 15) is 18.0 Å². The van der Waals surface area contributed by atoms with Gasteiger partial charge >= 0.3 is 10.1 Å². The highest BCUT2D eigenvalue weighted by molar-refractivity contribution is 7.87. The maximum Gasteiger partial charge on any atom is 0.339 e. The van der Waals surface area contributed by atoms with Gasteiger partial charge in [0.1, 0.15) is 16.6 Å². The number of hydroxylamine groups is 1. The molecular weight excluding hydrogens is 540 g/mol. The molecule has 6 rings (SSSR count). The number of rotatable bonds is 6. The highest BCUT2D eigenvalue weighted by Gasteiger charge is 2.60. The topological polar surface area (TPSA) is 93.2 Å². The number of carbonyl (C=O) groups excluding carboxylic acids is 2. The second-order valence-electron chi connectivity index (χ2n) is 9.07. The predicted molar refractivity (Wildman–Crippen MR) is 145 cm³/mol. The van der Waals surface area contributed by atoms with Crippen LogP contribution in [-0.4, -0.2) is 26.3 Å². The summed E-state index contributed by atoms with van der Waals surface area (Å²) in [5, 5.41) is 2.06. The van der Waals surface area contributed by atoms with Gasteiger partial charge in [0.25, 0.3) is 5.91 Å². The Morgan fingerprint density at radius 1 is 0.718 bits per heavy atom. The van der Waals surface area contributed by atoms with Crippen LogP contribution in [-0.2, 0) is 24.5 Å². The zero-order chi connectivity index (χ0) is 27.1. The van der Waals surface area contributed by atoms with Gasteiger partial charge in [-0.15, -0.1) is 0 Å². The number of benzene rings is 4. The molecule has 0 aromatic heterocycles. The number of nitrogens with zero attached hydrogens (tertiary/aromatic N) is 2. The van der Waals surface area contributed by atoms with Crippen molar-refractivity contribution in [1.29, 1.82) is 0 Å². The average Bonchev–Trinajstić information content (AvgIpc) is 3.46. The van der Waals surface area contributed by atoms with Crippen molar-refractivity contribution in [3.05, 3.63) is 120 Å². The molecule has 4 aromatic carbocycles. The summed E-state index contributed by atoms with van der Waals surface area (Å²) in [4.78, 5) is 34.4. The molecule has 2 heterocycles. The molecule has 3 atom stereocenters. The van der Waals surface area contributed by atoms with Crippen LogP contribution < -0.4 is 14.1 Å². The molecule has 2 saturated heterocycles. The van der Waals surface area contributed by atoms with Crippen molar-refractivity contribution < 1.29 is 27.0 Å². The minimum absolute atomic E-state index is 0.0359. The van der Waals surface area contributed by atoms with Crippen LogP contribution in [0.25, 0.3) is 0 Å². The average molecular weight is 561 g/mol. The van der Waals surface area contributed by atoms with Gasteiger partial charge in [-0.25, -0.2) is 9.96 Å². The lowest BCUT2D eigenvalue weighted by atomic mass is 9.90. The van der Waals surface area contributed by atoms with E-state index in [2.05, 4.69) is 0 Å². The molecule has 39 heavy (non-hydrogen) atoms. The third-order valence-corrected chi connectivity index (χ3v) is 8.18. The zero-order valence-electron chi connectivity index (χ0n) is 20.3. The number of hydrogen-bond acceptors (Lipinski definition) is 7. The first-order chi connectivity index (χ1) is 18.8. The fraction of sp³-hybridized carbons (Fsp3) is 0.103. The Kier molecular flexibility index (Phi) is 6.34. The first-order valence-electron chi connectivity index (χ1n) is 12.1. The van der Waals surface area contributed by atoms with E-state index < -0.39 is 40.0 Å². The summed E-state index contributed by atoms with van der Waals surface area (Å²) in [7, 11) is -4.02. The molecule has 2 aliphatic rings. The molecule has 2 amide bonds. The lowest BCUT2D eigenvalue weighted by molar-refractivity contribution is -0.126. The number of carbonyl (C=O) groups is 2. The number of anilines is 2. The van der Waals surface area contributed by atoms with Gasteiger partial charge in [-0.1, -0.05) is 60.1 Å². The van der Waals surface area contributed by atoms with Gasteiger partial charge < -0.3 is 4.18 Å². The Morgan fingerprint density at radius 2 is 1.33 bits per heavy atom. The van der Waals surface area contributed by atoms with E-state index in [-0.39, 0.29) is 10.6 Å². The Bertz CT molecular complexity index is 1630. The Balaban J connectivity index is 1.34. The quantitative estimate of drug-likeness (QED) is 0.237. The van der Waals surface area contributed by atoms with Crippen molar-refractivity contribution in [3.63, 3.8) is 0 Å². The summed E-state index contributed by atoms with van der Waals surface area (Å²) in [5.74, 6) is -1.60. The van der Waals surface area contributed by atoms with Gasteiger partial charge in [0.05, 0.1) is 17.4 Å². The van der Waals surface area contributed by atoms with Crippen LogP contribution in [0.2, 0.25) is 5.02 Å². The van der Waals surface area contributed by atoms with Crippen molar-refractivity contribution in [2.45, 2.75) is 17.0 Å². The van der Waals surface area contributed by atoms with Crippen LogP contribution in [0.15, 0.2) is 114 Å². The first kappa shape index (κ1) is 25.1. The summed E-state index contributed by atoms with van der Waals surface area (Å²) in [6.45, 7) is 0. The number of hydrogen-bond donors (Lipinski definition) is 0. The minimum atomic E-state index is -4.02. The van der Waals surface area contributed by atoms with Crippen molar-refractivity contribution in [3.8, 4) is 5.75 Å². The molecule has 2 aliphatic heterocycles. The van der Waals surface area contributed by atoms with Crippen LogP contribution in [0.3, 0.4) is 0 Å². The Hall–Kier alpha value is -4.18. The predicted octanol–water partition coefficient (Wildman–Crippen LogP) is 5.16. The second-order valence-corrected chi connectivity index (χ2v) is 11.0. The lowest BCUT2D eigenvalue weighted by Crippen LogP contribution is -2.37. The number of fused-ring (bicyclic) bond motifs is 1. The van der Waals surface area contributed by atoms with E-state index in [0.717, 1.165) is 4.90 Å². The van der Waals surface area contributed by atoms with Crippen molar-refractivity contribution in [2.75, 3.05) is 9.96 Å².